The summed E-state index contributed by atoms with van der Waals surface area (Å²) in [5.74, 6) is 5.15. The third kappa shape index (κ3) is 2.69. The smallest absolute Gasteiger partial charge is 0.147 e. The van der Waals surface area contributed by atoms with E-state index in [2.05, 4.69) is 21.4 Å². The van der Waals surface area contributed by atoms with Gasteiger partial charge in [-0.1, -0.05) is 31.5 Å². The maximum Gasteiger partial charge on any atom is 0.147 e. The van der Waals surface area contributed by atoms with Gasteiger partial charge in [0.15, 0.2) is 0 Å². The fourth-order valence-corrected chi connectivity index (χ4v) is 1.90. The van der Waals surface area contributed by atoms with Crippen LogP contribution in [-0.2, 0) is 0 Å². The topological polar surface area (TPSA) is 38.0 Å². The van der Waals surface area contributed by atoms with Crippen molar-refractivity contribution in [2.45, 2.75) is 19.9 Å². The maximum absolute atomic E-state index is 13.8. The van der Waals surface area contributed by atoms with E-state index >= 15 is 0 Å². The number of nitrogens with one attached hydrogen (secondary N) is 1. The summed E-state index contributed by atoms with van der Waals surface area (Å²) in [7, 11) is 0. The van der Waals surface area contributed by atoms with Gasteiger partial charge in [0.1, 0.15) is 5.82 Å². The van der Waals surface area contributed by atoms with Gasteiger partial charge in [0, 0.05) is 10.0 Å². The van der Waals surface area contributed by atoms with Crippen LogP contribution >= 0.6 is 27.5 Å². The van der Waals surface area contributed by atoms with Crippen molar-refractivity contribution >= 4 is 27.5 Å². The average Bonchev–Trinajstić information content (AvgIpc) is 2.18. The van der Waals surface area contributed by atoms with Crippen LogP contribution in [0.15, 0.2) is 16.6 Å². The van der Waals surface area contributed by atoms with Crippen LogP contribution in [0.3, 0.4) is 0 Å². The van der Waals surface area contributed by atoms with Crippen molar-refractivity contribution in [3.63, 3.8) is 0 Å². The third-order valence-corrected chi connectivity index (χ3v) is 3.50. The molecule has 0 fully saturated rings. The molecule has 0 aromatic heterocycles. The van der Waals surface area contributed by atoms with Gasteiger partial charge in [-0.25, -0.2) is 4.39 Å². The fraction of sp³-hybridized carbons (Fsp3) is 0.400. The summed E-state index contributed by atoms with van der Waals surface area (Å²) in [6.45, 7) is 3.92. The molecule has 0 aliphatic carbocycles. The number of halogens is 3. The summed E-state index contributed by atoms with van der Waals surface area (Å²) in [4.78, 5) is 0. The van der Waals surface area contributed by atoms with E-state index in [4.69, 9.17) is 17.4 Å². The predicted octanol–water partition coefficient (Wildman–Crippen LogP) is 3.40. The zero-order valence-corrected chi connectivity index (χ0v) is 10.9. The van der Waals surface area contributed by atoms with E-state index in [9.17, 15) is 4.39 Å². The number of hydrogen-bond acceptors (Lipinski definition) is 2. The molecule has 1 aromatic rings. The van der Waals surface area contributed by atoms with Crippen LogP contribution < -0.4 is 11.3 Å². The van der Waals surface area contributed by atoms with Gasteiger partial charge in [0.05, 0.1) is 11.1 Å². The Labute approximate surface area is 102 Å². The van der Waals surface area contributed by atoms with Gasteiger partial charge in [-0.15, -0.1) is 0 Å². The molecule has 0 saturated heterocycles. The Morgan fingerprint density at radius 1 is 1.47 bits per heavy atom. The van der Waals surface area contributed by atoms with Crippen LogP contribution in [0.5, 0.6) is 0 Å². The van der Waals surface area contributed by atoms with Gasteiger partial charge < -0.3 is 0 Å². The van der Waals surface area contributed by atoms with Crippen LogP contribution in [0, 0.1) is 11.7 Å². The maximum atomic E-state index is 13.8. The average molecular weight is 296 g/mol. The van der Waals surface area contributed by atoms with Gasteiger partial charge in [-0.3, -0.25) is 11.3 Å². The van der Waals surface area contributed by atoms with Crippen LogP contribution in [0.1, 0.15) is 25.5 Å². The molecule has 0 aliphatic rings. The Morgan fingerprint density at radius 3 is 2.53 bits per heavy atom. The summed E-state index contributed by atoms with van der Waals surface area (Å²) in [5.41, 5.74) is 3.08. The van der Waals surface area contributed by atoms with Crippen LogP contribution in [0.4, 0.5) is 4.39 Å². The summed E-state index contributed by atoms with van der Waals surface area (Å²) < 4.78 is 14.3. The van der Waals surface area contributed by atoms with Crippen molar-refractivity contribution in [2.75, 3.05) is 0 Å². The number of benzene rings is 1. The monoisotopic (exact) mass is 294 g/mol. The van der Waals surface area contributed by atoms with Crippen LogP contribution in [-0.4, -0.2) is 0 Å². The molecule has 5 heteroatoms. The van der Waals surface area contributed by atoms with Crippen molar-refractivity contribution < 1.29 is 4.39 Å². The van der Waals surface area contributed by atoms with Gasteiger partial charge in [0.25, 0.3) is 0 Å². The molecule has 0 bridgehead atoms. The highest BCUT2D eigenvalue weighted by molar-refractivity contribution is 9.10. The second kappa shape index (κ2) is 5.25. The van der Waals surface area contributed by atoms with E-state index < -0.39 is 5.82 Å². The minimum atomic E-state index is -0.428. The van der Waals surface area contributed by atoms with Gasteiger partial charge in [-0.05, 0) is 27.9 Å². The molecule has 0 saturated carbocycles. The van der Waals surface area contributed by atoms with Gasteiger partial charge in [-0.2, -0.15) is 0 Å². The Balaban J connectivity index is 3.19. The lowest BCUT2D eigenvalue weighted by atomic mass is 9.96. The molecule has 3 N–H and O–H groups in total. The minimum Gasteiger partial charge on any atom is -0.271 e. The predicted molar refractivity (Wildman–Crippen MR) is 64.0 cm³/mol. The molecular weight excluding hydrogens is 282 g/mol. The lowest BCUT2D eigenvalue weighted by molar-refractivity contribution is 0.405. The van der Waals surface area contributed by atoms with Gasteiger partial charge >= 0.3 is 0 Å². The van der Waals surface area contributed by atoms with Crippen molar-refractivity contribution in [1.29, 1.82) is 0 Å². The van der Waals surface area contributed by atoms with Crippen molar-refractivity contribution in [3.05, 3.63) is 33.0 Å². The summed E-state index contributed by atoms with van der Waals surface area (Å²) in [6, 6.07) is 3.15. The minimum absolute atomic E-state index is 0.0911. The number of hydrogen-bond donors (Lipinski definition) is 2. The molecule has 1 unspecified atom stereocenters. The largest absolute Gasteiger partial charge is 0.271 e. The summed E-state index contributed by atoms with van der Waals surface area (Å²) >= 11 is 8.96. The third-order valence-electron chi connectivity index (χ3n) is 2.25. The SMILES string of the molecule is CC(C)C(NN)c1ccc(Br)c(Cl)c1F. The number of rotatable bonds is 3. The Morgan fingerprint density at radius 2 is 2.07 bits per heavy atom. The first-order chi connectivity index (χ1) is 6.99. The molecule has 1 atom stereocenters. The van der Waals surface area contributed by atoms with Crippen molar-refractivity contribution in [2.24, 2.45) is 11.8 Å². The van der Waals surface area contributed by atoms with E-state index in [-0.39, 0.29) is 17.0 Å². The standard InChI is InChI=1S/C10H13BrClFN2/c1-5(2)10(15-14)6-3-4-7(11)8(12)9(6)13/h3-5,10,15H,14H2,1-2H3. The molecule has 0 heterocycles. The molecule has 0 aliphatic heterocycles. The zero-order valence-electron chi connectivity index (χ0n) is 8.52. The Kier molecular flexibility index (Phi) is 4.52. The van der Waals surface area contributed by atoms with E-state index in [1.54, 1.807) is 12.1 Å². The lowest BCUT2D eigenvalue weighted by Crippen LogP contribution is -2.32. The van der Waals surface area contributed by atoms with Crippen LogP contribution in [0.2, 0.25) is 5.02 Å². The molecule has 1 rings (SSSR count). The molecule has 0 amide bonds. The quantitative estimate of drug-likeness (QED) is 0.509. The van der Waals surface area contributed by atoms with Crippen molar-refractivity contribution in [3.8, 4) is 0 Å². The summed E-state index contributed by atoms with van der Waals surface area (Å²) in [5, 5.41) is 0.0911. The highest BCUT2D eigenvalue weighted by Crippen LogP contribution is 2.32. The molecule has 15 heavy (non-hydrogen) atoms. The fourth-order valence-electron chi connectivity index (χ4n) is 1.42. The first kappa shape index (κ1) is 12.9. The molecule has 0 spiro atoms. The Hall–Kier alpha value is -0.160. The first-order valence-corrected chi connectivity index (χ1v) is 5.75. The highest BCUT2D eigenvalue weighted by atomic mass is 79.9. The summed E-state index contributed by atoms with van der Waals surface area (Å²) in [6.07, 6.45) is 0. The van der Waals surface area contributed by atoms with Crippen molar-refractivity contribution in [1.82, 2.24) is 5.43 Å². The lowest BCUT2D eigenvalue weighted by Gasteiger charge is -2.21. The molecule has 1 aromatic carbocycles. The Bertz CT molecular complexity index is 358. The molecule has 0 radical (unpaired) electrons. The highest BCUT2D eigenvalue weighted by Gasteiger charge is 2.20. The molecule has 84 valence electrons. The van der Waals surface area contributed by atoms with Gasteiger partial charge in [0.2, 0.25) is 0 Å². The number of hydrazine groups is 1. The van der Waals surface area contributed by atoms with E-state index in [1.807, 2.05) is 13.8 Å². The first-order valence-electron chi connectivity index (χ1n) is 4.58. The van der Waals surface area contributed by atoms with E-state index in [0.717, 1.165) is 0 Å². The van der Waals surface area contributed by atoms with E-state index in [0.29, 0.717) is 10.0 Å². The molecule has 2 nitrogen and oxygen atoms in total. The normalized spacial score (nSPS) is 13.3. The number of nitrogens with two attached hydrogens (primary N) is 1. The van der Waals surface area contributed by atoms with Crippen LogP contribution in [0.25, 0.3) is 0 Å². The zero-order chi connectivity index (χ0) is 11.6. The molecular formula is C10H13BrClFN2. The second-order valence-electron chi connectivity index (χ2n) is 3.65. The van der Waals surface area contributed by atoms with E-state index in [1.165, 1.54) is 0 Å². The second-order valence-corrected chi connectivity index (χ2v) is 4.89.